The lowest BCUT2D eigenvalue weighted by Crippen LogP contribution is -2.39. The van der Waals surface area contributed by atoms with Crippen LogP contribution in [-0.2, 0) is 11.3 Å². The number of benzene rings is 2. The van der Waals surface area contributed by atoms with Crippen molar-refractivity contribution in [3.8, 4) is 0 Å². The number of hydrogen-bond acceptors (Lipinski definition) is 2. The van der Waals surface area contributed by atoms with E-state index in [1.807, 2.05) is 47.4 Å². The second-order valence-electron chi connectivity index (χ2n) is 7.97. The number of fused-ring (bicyclic) bond motifs is 1. The van der Waals surface area contributed by atoms with Gasteiger partial charge in [0.25, 0.3) is 5.91 Å². The summed E-state index contributed by atoms with van der Waals surface area (Å²) in [4.78, 5) is 30.2. The summed E-state index contributed by atoms with van der Waals surface area (Å²) in [6, 6.07) is 18.0. The Bertz CT molecular complexity index is 965. The van der Waals surface area contributed by atoms with E-state index in [4.69, 9.17) is 0 Å². The number of hydrogen-bond donors (Lipinski definition) is 2. The molecule has 5 heteroatoms. The van der Waals surface area contributed by atoms with Crippen LogP contribution in [0.15, 0.2) is 54.6 Å². The minimum atomic E-state index is 0.0449. The highest BCUT2D eigenvalue weighted by atomic mass is 16.2. The zero-order valence-corrected chi connectivity index (χ0v) is 16.8. The minimum absolute atomic E-state index is 0.0449. The highest BCUT2D eigenvalue weighted by Gasteiger charge is 2.25. The van der Waals surface area contributed by atoms with Crippen molar-refractivity contribution in [1.82, 2.24) is 15.2 Å². The molecule has 4 rings (SSSR count). The van der Waals surface area contributed by atoms with Gasteiger partial charge in [-0.05, 0) is 43.4 Å². The molecule has 2 amide bonds. The van der Waals surface area contributed by atoms with Gasteiger partial charge in [0, 0.05) is 37.0 Å². The number of aromatic amines is 1. The van der Waals surface area contributed by atoms with Gasteiger partial charge >= 0.3 is 0 Å². The van der Waals surface area contributed by atoms with Crippen LogP contribution in [0, 0.1) is 12.8 Å². The van der Waals surface area contributed by atoms with Gasteiger partial charge in [-0.3, -0.25) is 9.59 Å². The summed E-state index contributed by atoms with van der Waals surface area (Å²) in [6.07, 6.45) is 2.26. The number of likely N-dealkylation sites (tertiary alicyclic amines) is 1. The van der Waals surface area contributed by atoms with Crippen molar-refractivity contribution in [1.29, 1.82) is 0 Å². The molecule has 1 aliphatic rings. The van der Waals surface area contributed by atoms with E-state index in [9.17, 15) is 9.59 Å². The zero-order valence-electron chi connectivity index (χ0n) is 16.8. The first-order valence-electron chi connectivity index (χ1n) is 10.3. The van der Waals surface area contributed by atoms with Crippen LogP contribution in [-0.4, -0.2) is 34.8 Å². The van der Waals surface area contributed by atoms with Crippen LogP contribution in [0.5, 0.6) is 0 Å². The van der Waals surface area contributed by atoms with Gasteiger partial charge in [-0.1, -0.05) is 48.0 Å². The zero-order chi connectivity index (χ0) is 20.2. The maximum absolute atomic E-state index is 12.8. The van der Waals surface area contributed by atoms with Crippen molar-refractivity contribution in [2.45, 2.75) is 32.7 Å². The largest absolute Gasteiger partial charge is 0.352 e. The Balaban J connectivity index is 1.25. The van der Waals surface area contributed by atoms with Crippen LogP contribution >= 0.6 is 0 Å². The maximum atomic E-state index is 12.8. The Morgan fingerprint density at radius 2 is 1.79 bits per heavy atom. The predicted octanol–water partition coefficient (Wildman–Crippen LogP) is 4.04. The van der Waals surface area contributed by atoms with Crippen molar-refractivity contribution in [2.75, 3.05) is 13.1 Å². The standard InChI is InChI=1S/C24H27N3O2/c1-17-6-8-19(9-7-17)16-25-23(28)14-18-10-12-27(13-11-18)24(29)22-15-20-4-2-3-5-21(20)26-22/h2-9,15,18,26H,10-14,16H2,1H3,(H,25,28). The molecule has 0 atom stereocenters. The third-order valence-corrected chi connectivity index (χ3v) is 5.75. The highest BCUT2D eigenvalue weighted by Crippen LogP contribution is 2.23. The van der Waals surface area contributed by atoms with Crippen molar-refractivity contribution in [2.24, 2.45) is 5.92 Å². The van der Waals surface area contributed by atoms with E-state index in [0.717, 1.165) is 29.3 Å². The van der Waals surface area contributed by atoms with Gasteiger partial charge in [-0.15, -0.1) is 0 Å². The van der Waals surface area contributed by atoms with Crippen LogP contribution in [0.1, 0.15) is 40.9 Å². The Hall–Kier alpha value is -3.08. The van der Waals surface area contributed by atoms with Crippen LogP contribution in [0.3, 0.4) is 0 Å². The molecule has 0 spiro atoms. The molecule has 0 bridgehead atoms. The first kappa shape index (κ1) is 19.2. The number of aryl methyl sites for hydroxylation is 1. The number of amides is 2. The summed E-state index contributed by atoms with van der Waals surface area (Å²) in [6.45, 7) is 4.02. The quantitative estimate of drug-likeness (QED) is 0.692. The van der Waals surface area contributed by atoms with Gasteiger partial charge in [-0.25, -0.2) is 0 Å². The van der Waals surface area contributed by atoms with Gasteiger partial charge in [-0.2, -0.15) is 0 Å². The van der Waals surface area contributed by atoms with Crippen LogP contribution < -0.4 is 5.32 Å². The molecule has 2 N–H and O–H groups in total. The summed E-state index contributed by atoms with van der Waals surface area (Å²) in [5, 5.41) is 4.07. The monoisotopic (exact) mass is 389 g/mol. The van der Waals surface area contributed by atoms with Crippen molar-refractivity contribution >= 4 is 22.7 Å². The minimum Gasteiger partial charge on any atom is -0.352 e. The number of aromatic nitrogens is 1. The number of carbonyl (C=O) groups is 2. The van der Waals surface area contributed by atoms with Gasteiger partial charge in [0.2, 0.25) is 5.91 Å². The number of H-pyrrole nitrogens is 1. The van der Waals surface area contributed by atoms with E-state index in [-0.39, 0.29) is 11.8 Å². The normalized spacial score (nSPS) is 14.9. The lowest BCUT2D eigenvalue weighted by atomic mass is 9.93. The summed E-state index contributed by atoms with van der Waals surface area (Å²) >= 11 is 0. The van der Waals surface area contributed by atoms with Gasteiger partial charge < -0.3 is 15.2 Å². The molecular weight excluding hydrogens is 362 g/mol. The van der Waals surface area contributed by atoms with Crippen molar-refractivity contribution < 1.29 is 9.59 Å². The third-order valence-electron chi connectivity index (χ3n) is 5.75. The summed E-state index contributed by atoms with van der Waals surface area (Å²) < 4.78 is 0. The molecule has 1 aromatic heterocycles. The Labute approximate surface area is 171 Å². The molecule has 3 aromatic rings. The van der Waals surface area contributed by atoms with Gasteiger partial charge in [0.05, 0.1) is 0 Å². The van der Waals surface area contributed by atoms with E-state index in [1.165, 1.54) is 5.56 Å². The molecule has 5 nitrogen and oxygen atoms in total. The average Bonchev–Trinajstić information content (AvgIpc) is 3.18. The molecule has 0 saturated carbocycles. The fourth-order valence-corrected chi connectivity index (χ4v) is 3.94. The number of piperidine rings is 1. The van der Waals surface area contributed by atoms with Crippen LogP contribution in [0.4, 0.5) is 0 Å². The smallest absolute Gasteiger partial charge is 0.270 e. The van der Waals surface area contributed by atoms with Crippen LogP contribution in [0.2, 0.25) is 0 Å². The number of carbonyl (C=O) groups excluding carboxylic acids is 2. The fraction of sp³-hybridized carbons (Fsp3) is 0.333. The number of nitrogens with zero attached hydrogens (tertiary/aromatic N) is 1. The molecule has 1 fully saturated rings. The Kier molecular flexibility index (Phi) is 5.65. The van der Waals surface area contributed by atoms with E-state index >= 15 is 0 Å². The SMILES string of the molecule is Cc1ccc(CNC(=O)CC2CCN(C(=O)c3cc4ccccc4[nH]3)CC2)cc1. The number of para-hydroxylation sites is 1. The highest BCUT2D eigenvalue weighted by molar-refractivity contribution is 5.98. The lowest BCUT2D eigenvalue weighted by molar-refractivity contribution is -0.122. The van der Waals surface area contributed by atoms with Gasteiger partial charge in [0.15, 0.2) is 0 Å². The molecule has 0 radical (unpaired) electrons. The topological polar surface area (TPSA) is 65.2 Å². The van der Waals surface area contributed by atoms with Crippen LogP contribution in [0.25, 0.3) is 10.9 Å². The fourth-order valence-electron chi connectivity index (χ4n) is 3.94. The second-order valence-corrected chi connectivity index (χ2v) is 7.97. The molecular formula is C24H27N3O2. The van der Waals surface area contributed by atoms with E-state index in [0.29, 0.717) is 37.7 Å². The van der Waals surface area contributed by atoms with E-state index in [1.54, 1.807) is 0 Å². The first-order valence-corrected chi connectivity index (χ1v) is 10.3. The maximum Gasteiger partial charge on any atom is 0.270 e. The molecule has 2 aromatic carbocycles. The molecule has 1 saturated heterocycles. The van der Waals surface area contributed by atoms with E-state index in [2.05, 4.69) is 29.4 Å². The molecule has 150 valence electrons. The lowest BCUT2D eigenvalue weighted by Gasteiger charge is -2.31. The first-order chi connectivity index (χ1) is 14.1. The summed E-state index contributed by atoms with van der Waals surface area (Å²) in [5.74, 6) is 0.467. The number of nitrogens with one attached hydrogen (secondary N) is 2. The predicted molar refractivity (Wildman–Crippen MR) is 115 cm³/mol. The molecule has 2 heterocycles. The van der Waals surface area contributed by atoms with Gasteiger partial charge in [0.1, 0.15) is 5.69 Å². The van der Waals surface area contributed by atoms with Crippen molar-refractivity contribution in [3.63, 3.8) is 0 Å². The summed E-state index contributed by atoms with van der Waals surface area (Å²) in [5.41, 5.74) is 3.95. The molecule has 0 aliphatic carbocycles. The molecule has 1 aliphatic heterocycles. The number of rotatable bonds is 5. The third kappa shape index (κ3) is 4.67. The van der Waals surface area contributed by atoms with Crippen molar-refractivity contribution in [3.05, 3.63) is 71.4 Å². The Morgan fingerprint density at radius 3 is 2.52 bits per heavy atom. The molecule has 29 heavy (non-hydrogen) atoms. The van der Waals surface area contributed by atoms with E-state index < -0.39 is 0 Å². The average molecular weight is 389 g/mol. The molecule has 0 unspecified atom stereocenters. The second kappa shape index (κ2) is 8.52. The summed E-state index contributed by atoms with van der Waals surface area (Å²) in [7, 11) is 0. The Morgan fingerprint density at radius 1 is 1.07 bits per heavy atom.